The molecule has 0 aliphatic heterocycles. The summed E-state index contributed by atoms with van der Waals surface area (Å²) in [6.45, 7) is 2.33. The van der Waals surface area contributed by atoms with Crippen molar-refractivity contribution in [2.24, 2.45) is 0 Å². The van der Waals surface area contributed by atoms with Crippen LogP contribution in [0.1, 0.15) is 29.5 Å². The molecule has 22 heavy (non-hydrogen) atoms. The second-order valence-electron chi connectivity index (χ2n) is 4.56. The molecule has 5 heteroatoms. The van der Waals surface area contributed by atoms with Crippen LogP contribution in [-0.4, -0.2) is 17.8 Å². The van der Waals surface area contributed by atoms with Crippen molar-refractivity contribution in [2.75, 3.05) is 6.61 Å². The Morgan fingerprint density at radius 1 is 1.27 bits per heavy atom. The van der Waals surface area contributed by atoms with Gasteiger partial charge in [0.2, 0.25) is 5.24 Å². The van der Waals surface area contributed by atoms with E-state index in [1.54, 1.807) is 30.3 Å². The van der Waals surface area contributed by atoms with E-state index in [4.69, 9.17) is 20.8 Å². The molecule has 0 amide bonds. The molecular weight excluding hydrogens is 304 g/mol. The number of hydrogen-bond acceptors (Lipinski definition) is 4. The lowest BCUT2D eigenvalue weighted by Crippen LogP contribution is -2.05. The summed E-state index contributed by atoms with van der Waals surface area (Å²) in [6.07, 6.45) is 3.47. The monoisotopic (exact) mass is 318 g/mol. The number of rotatable bonds is 6. The van der Waals surface area contributed by atoms with Crippen molar-refractivity contribution in [1.82, 2.24) is 0 Å². The van der Waals surface area contributed by atoms with Gasteiger partial charge in [-0.2, -0.15) is 0 Å². The van der Waals surface area contributed by atoms with Crippen LogP contribution in [0, 0.1) is 0 Å². The van der Waals surface area contributed by atoms with E-state index < -0.39 is 5.24 Å². The van der Waals surface area contributed by atoms with E-state index in [2.05, 4.69) is 0 Å². The SMILES string of the molecule is CCCOC(=O)c1cccc(-c2ccc(/C=C/C(=O)Cl)o2)c1. The van der Waals surface area contributed by atoms with Crippen LogP contribution in [0.4, 0.5) is 0 Å². The largest absolute Gasteiger partial charge is 0.462 e. The van der Waals surface area contributed by atoms with E-state index in [0.29, 0.717) is 23.7 Å². The van der Waals surface area contributed by atoms with Crippen LogP contribution in [0.5, 0.6) is 0 Å². The van der Waals surface area contributed by atoms with Gasteiger partial charge in [-0.15, -0.1) is 0 Å². The summed E-state index contributed by atoms with van der Waals surface area (Å²) in [7, 11) is 0. The Kier molecular flexibility index (Phi) is 5.55. The van der Waals surface area contributed by atoms with E-state index in [0.717, 1.165) is 12.0 Å². The van der Waals surface area contributed by atoms with Gasteiger partial charge in [-0.3, -0.25) is 4.79 Å². The van der Waals surface area contributed by atoms with Crippen molar-refractivity contribution in [1.29, 1.82) is 0 Å². The second kappa shape index (κ2) is 7.61. The van der Waals surface area contributed by atoms with Gasteiger partial charge in [0.1, 0.15) is 11.5 Å². The highest BCUT2D eigenvalue weighted by Crippen LogP contribution is 2.24. The smallest absolute Gasteiger partial charge is 0.338 e. The zero-order valence-corrected chi connectivity index (χ0v) is 12.8. The van der Waals surface area contributed by atoms with E-state index >= 15 is 0 Å². The highest BCUT2D eigenvalue weighted by atomic mass is 35.5. The molecule has 0 saturated heterocycles. The van der Waals surface area contributed by atoms with Gasteiger partial charge in [0.05, 0.1) is 12.2 Å². The van der Waals surface area contributed by atoms with Gasteiger partial charge in [0.15, 0.2) is 0 Å². The molecule has 2 rings (SSSR count). The lowest BCUT2D eigenvalue weighted by molar-refractivity contribution is -0.107. The first kappa shape index (κ1) is 16.0. The van der Waals surface area contributed by atoms with E-state index in [9.17, 15) is 9.59 Å². The third kappa shape index (κ3) is 4.33. The normalized spacial score (nSPS) is 10.8. The summed E-state index contributed by atoms with van der Waals surface area (Å²) in [5, 5.41) is -0.571. The molecule has 0 N–H and O–H groups in total. The highest BCUT2D eigenvalue weighted by molar-refractivity contribution is 6.66. The van der Waals surface area contributed by atoms with Gasteiger partial charge >= 0.3 is 5.97 Å². The highest BCUT2D eigenvalue weighted by Gasteiger charge is 2.10. The van der Waals surface area contributed by atoms with Crippen LogP contribution < -0.4 is 0 Å². The Bertz CT molecular complexity index is 700. The van der Waals surface area contributed by atoms with E-state index in [1.165, 1.54) is 12.2 Å². The molecule has 0 aliphatic carbocycles. The Morgan fingerprint density at radius 2 is 2.09 bits per heavy atom. The first-order valence-corrected chi connectivity index (χ1v) is 7.23. The number of carbonyl (C=O) groups excluding carboxylic acids is 2. The van der Waals surface area contributed by atoms with Crippen LogP contribution in [0.3, 0.4) is 0 Å². The molecular formula is C17H15ClO4. The average molecular weight is 319 g/mol. The first-order valence-electron chi connectivity index (χ1n) is 6.85. The van der Waals surface area contributed by atoms with Gasteiger partial charge in [-0.05, 0) is 48.4 Å². The number of ether oxygens (including phenoxy) is 1. The molecule has 0 spiro atoms. The van der Waals surface area contributed by atoms with Crippen LogP contribution in [0.2, 0.25) is 0 Å². The molecule has 1 aromatic carbocycles. The lowest BCUT2D eigenvalue weighted by atomic mass is 10.1. The fourth-order valence-corrected chi connectivity index (χ4v) is 1.89. The summed E-state index contributed by atoms with van der Waals surface area (Å²) in [5.41, 5.74) is 1.22. The van der Waals surface area contributed by atoms with E-state index in [1.807, 2.05) is 13.0 Å². The van der Waals surface area contributed by atoms with Gasteiger partial charge in [0.25, 0.3) is 0 Å². The van der Waals surface area contributed by atoms with Gasteiger partial charge in [-0.25, -0.2) is 4.79 Å². The predicted octanol–water partition coefficient (Wildman–Crippen LogP) is 4.29. The molecule has 2 aromatic rings. The summed E-state index contributed by atoms with van der Waals surface area (Å²) >= 11 is 5.23. The van der Waals surface area contributed by atoms with Gasteiger partial charge < -0.3 is 9.15 Å². The van der Waals surface area contributed by atoms with Crippen molar-refractivity contribution in [3.05, 3.63) is 53.8 Å². The third-order valence-electron chi connectivity index (χ3n) is 2.83. The second-order valence-corrected chi connectivity index (χ2v) is 4.93. The number of hydrogen-bond donors (Lipinski definition) is 0. The molecule has 0 atom stereocenters. The molecule has 0 radical (unpaired) electrons. The minimum Gasteiger partial charge on any atom is -0.462 e. The zero-order chi connectivity index (χ0) is 15.9. The molecule has 1 heterocycles. The Balaban J connectivity index is 2.19. The molecule has 4 nitrogen and oxygen atoms in total. The topological polar surface area (TPSA) is 56.5 Å². The number of carbonyl (C=O) groups is 2. The minimum absolute atomic E-state index is 0.358. The zero-order valence-electron chi connectivity index (χ0n) is 12.0. The lowest BCUT2D eigenvalue weighted by Gasteiger charge is -2.04. The maximum Gasteiger partial charge on any atom is 0.338 e. The third-order valence-corrected chi connectivity index (χ3v) is 2.95. The van der Waals surface area contributed by atoms with Gasteiger partial charge in [0, 0.05) is 11.6 Å². The number of esters is 1. The van der Waals surface area contributed by atoms with Crippen molar-refractivity contribution in [2.45, 2.75) is 13.3 Å². The number of halogens is 1. The Labute approximate surface area is 133 Å². The van der Waals surface area contributed by atoms with Crippen molar-refractivity contribution in [3.8, 4) is 11.3 Å². The number of benzene rings is 1. The maximum absolute atomic E-state index is 11.9. The Hall–Kier alpha value is -2.33. The van der Waals surface area contributed by atoms with E-state index in [-0.39, 0.29) is 5.97 Å². The molecule has 114 valence electrons. The molecule has 0 saturated carbocycles. The van der Waals surface area contributed by atoms with Gasteiger partial charge in [-0.1, -0.05) is 19.1 Å². The fourth-order valence-electron chi connectivity index (χ4n) is 1.82. The summed E-state index contributed by atoms with van der Waals surface area (Å²) in [4.78, 5) is 22.5. The standard InChI is InChI=1S/C17H15ClO4/c1-2-10-21-17(20)13-5-3-4-12(11-13)15-8-6-14(22-15)7-9-16(18)19/h3-9,11H,2,10H2,1H3/b9-7+. The summed E-state index contributed by atoms with van der Waals surface area (Å²) in [6, 6.07) is 10.5. The van der Waals surface area contributed by atoms with Crippen LogP contribution in [-0.2, 0) is 9.53 Å². The maximum atomic E-state index is 11.9. The summed E-state index contributed by atoms with van der Waals surface area (Å²) < 4.78 is 10.7. The van der Waals surface area contributed by atoms with Crippen molar-refractivity contribution in [3.63, 3.8) is 0 Å². The molecule has 0 aliphatic rings. The predicted molar refractivity (Wildman–Crippen MR) is 84.6 cm³/mol. The summed E-state index contributed by atoms with van der Waals surface area (Å²) in [5.74, 6) is 0.734. The molecule has 1 aromatic heterocycles. The van der Waals surface area contributed by atoms with Crippen LogP contribution >= 0.6 is 11.6 Å². The van der Waals surface area contributed by atoms with Crippen LogP contribution in [0.25, 0.3) is 17.4 Å². The quantitative estimate of drug-likeness (QED) is 0.453. The minimum atomic E-state index is -0.571. The Morgan fingerprint density at radius 3 is 2.82 bits per heavy atom. The number of furan rings is 1. The number of allylic oxidation sites excluding steroid dienone is 1. The van der Waals surface area contributed by atoms with Crippen molar-refractivity contribution < 1.29 is 18.7 Å². The molecule has 0 bridgehead atoms. The molecule has 0 unspecified atom stereocenters. The average Bonchev–Trinajstić information content (AvgIpc) is 2.99. The van der Waals surface area contributed by atoms with Crippen molar-refractivity contribution >= 4 is 28.9 Å². The molecule has 0 fully saturated rings. The first-order chi connectivity index (χ1) is 10.6. The fraction of sp³-hybridized carbons (Fsp3) is 0.176. The van der Waals surface area contributed by atoms with Crippen LogP contribution in [0.15, 0.2) is 46.9 Å².